The second-order valence-electron chi connectivity index (χ2n) is 5.10. The highest BCUT2D eigenvalue weighted by atomic mass is 16.2. The van der Waals surface area contributed by atoms with E-state index in [0.717, 1.165) is 4.57 Å². The Balaban J connectivity index is 2.08. The lowest BCUT2D eigenvalue weighted by molar-refractivity contribution is 0.102. The lowest BCUT2D eigenvalue weighted by Gasteiger charge is -2.08. The number of hydrogen-bond acceptors (Lipinski definition) is 5. The van der Waals surface area contributed by atoms with E-state index >= 15 is 0 Å². The zero-order valence-corrected chi connectivity index (χ0v) is 12.8. The number of pyridine rings is 1. The third kappa shape index (κ3) is 2.41. The Kier molecular flexibility index (Phi) is 3.32. The van der Waals surface area contributed by atoms with Crippen LogP contribution in [0.15, 0.2) is 34.0 Å². The van der Waals surface area contributed by atoms with Gasteiger partial charge in [-0.2, -0.15) is 5.10 Å². The van der Waals surface area contributed by atoms with Crippen LogP contribution >= 0.6 is 0 Å². The van der Waals surface area contributed by atoms with Crippen molar-refractivity contribution in [1.29, 1.82) is 0 Å². The van der Waals surface area contributed by atoms with Crippen molar-refractivity contribution in [3.8, 4) is 0 Å². The van der Waals surface area contributed by atoms with Gasteiger partial charge in [0, 0.05) is 33.4 Å². The topological polar surface area (TPSA) is 104 Å². The average Bonchev–Trinajstić information content (AvgIpc) is 2.95. The van der Waals surface area contributed by atoms with E-state index < -0.39 is 17.2 Å². The summed E-state index contributed by atoms with van der Waals surface area (Å²) in [6.07, 6.45) is 1.69. The van der Waals surface area contributed by atoms with E-state index in [4.69, 9.17) is 0 Å². The molecule has 118 valence electrons. The summed E-state index contributed by atoms with van der Waals surface area (Å²) in [7, 11) is 4.62. The van der Waals surface area contributed by atoms with Crippen molar-refractivity contribution in [2.75, 3.05) is 5.32 Å². The van der Waals surface area contributed by atoms with Gasteiger partial charge in [0.1, 0.15) is 11.3 Å². The molecule has 9 heteroatoms. The summed E-state index contributed by atoms with van der Waals surface area (Å²) in [5.74, 6) is -0.0870. The monoisotopic (exact) mass is 314 g/mol. The van der Waals surface area contributed by atoms with Crippen molar-refractivity contribution < 1.29 is 4.79 Å². The van der Waals surface area contributed by atoms with Gasteiger partial charge in [0.15, 0.2) is 5.82 Å². The number of carbonyl (C=O) groups is 1. The standard InChI is InChI=1S/C14H14N6O3/c1-18-7-6-10(17-18)16-12(21)9-5-4-8-11(15-9)19(2)14(23)20(3)13(8)22/h4-7H,1-3H3,(H,16,17,21). The number of nitrogens with one attached hydrogen (secondary N) is 1. The first-order valence-electron chi connectivity index (χ1n) is 6.76. The van der Waals surface area contributed by atoms with E-state index in [9.17, 15) is 14.4 Å². The number of fused-ring (bicyclic) bond motifs is 1. The Bertz CT molecular complexity index is 1040. The highest BCUT2D eigenvalue weighted by molar-refractivity contribution is 6.03. The molecule has 0 saturated heterocycles. The van der Waals surface area contributed by atoms with Crippen LogP contribution in [0, 0.1) is 0 Å². The van der Waals surface area contributed by atoms with Crippen molar-refractivity contribution in [2.45, 2.75) is 0 Å². The van der Waals surface area contributed by atoms with Gasteiger partial charge in [-0.3, -0.25) is 23.4 Å². The zero-order valence-electron chi connectivity index (χ0n) is 12.8. The molecule has 0 radical (unpaired) electrons. The molecule has 9 nitrogen and oxygen atoms in total. The first-order valence-corrected chi connectivity index (χ1v) is 6.76. The Morgan fingerprint density at radius 2 is 1.83 bits per heavy atom. The third-order valence-electron chi connectivity index (χ3n) is 3.49. The van der Waals surface area contributed by atoms with E-state index in [-0.39, 0.29) is 16.7 Å². The van der Waals surface area contributed by atoms with Gasteiger partial charge in [-0.05, 0) is 12.1 Å². The Morgan fingerprint density at radius 3 is 2.48 bits per heavy atom. The Labute approximate surface area is 129 Å². The van der Waals surface area contributed by atoms with Gasteiger partial charge < -0.3 is 5.32 Å². The number of rotatable bonds is 2. The number of aromatic nitrogens is 5. The van der Waals surface area contributed by atoms with Crippen LogP contribution in [0.3, 0.4) is 0 Å². The van der Waals surface area contributed by atoms with E-state index in [2.05, 4.69) is 15.4 Å². The predicted molar refractivity (Wildman–Crippen MR) is 83.4 cm³/mol. The van der Waals surface area contributed by atoms with Crippen molar-refractivity contribution in [1.82, 2.24) is 23.9 Å². The molecule has 3 heterocycles. The summed E-state index contributed by atoms with van der Waals surface area (Å²) in [6.45, 7) is 0. The molecular formula is C14H14N6O3. The van der Waals surface area contributed by atoms with Crippen LogP contribution in [0.4, 0.5) is 5.82 Å². The molecule has 3 rings (SSSR count). The second-order valence-corrected chi connectivity index (χ2v) is 5.10. The molecule has 0 bridgehead atoms. The van der Waals surface area contributed by atoms with Crippen molar-refractivity contribution in [3.63, 3.8) is 0 Å². The summed E-state index contributed by atoms with van der Waals surface area (Å²) >= 11 is 0. The van der Waals surface area contributed by atoms with Crippen LogP contribution in [0.2, 0.25) is 0 Å². The Morgan fingerprint density at radius 1 is 1.09 bits per heavy atom. The molecule has 23 heavy (non-hydrogen) atoms. The first kappa shape index (κ1) is 14.7. The smallest absolute Gasteiger partial charge is 0.304 e. The van der Waals surface area contributed by atoms with Gasteiger partial charge in [0.2, 0.25) is 0 Å². The van der Waals surface area contributed by atoms with Crippen LogP contribution < -0.4 is 16.6 Å². The predicted octanol–water partition coefficient (Wildman–Crippen LogP) is -0.382. The molecule has 0 aliphatic carbocycles. The second kappa shape index (κ2) is 5.20. The number of carbonyl (C=O) groups excluding carboxylic acids is 1. The first-order chi connectivity index (χ1) is 10.9. The molecule has 0 atom stereocenters. The maximum Gasteiger partial charge on any atom is 0.332 e. The minimum Gasteiger partial charge on any atom is -0.304 e. The van der Waals surface area contributed by atoms with E-state index in [1.54, 1.807) is 24.0 Å². The molecule has 0 saturated carbocycles. The quantitative estimate of drug-likeness (QED) is 0.694. The number of anilines is 1. The van der Waals surface area contributed by atoms with Crippen LogP contribution in [0.25, 0.3) is 11.0 Å². The SMILES string of the molecule is Cn1ccc(NC(=O)c2ccc3c(=O)n(C)c(=O)n(C)c3n2)n1. The van der Waals surface area contributed by atoms with E-state index in [0.29, 0.717) is 5.82 Å². The number of nitrogens with zero attached hydrogens (tertiary/aromatic N) is 5. The lowest BCUT2D eigenvalue weighted by Crippen LogP contribution is -2.37. The van der Waals surface area contributed by atoms with Crippen LogP contribution in [-0.2, 0) is 21.1 Å². The average molecular weight is 314 g/mol. The number of aryl methyl sites for hydroxylation is 2. The van der Waals surface area contributed by atoms with Gasteiger partial charge in [0.05, 0.1) is 5.39 Å². The van der Waals surface area contributed by atoms with E-state index in [1.807, 2.05) is 0 Å². The Hall–Kier alpha value is -3.23. The zero-order chi connectivity index (χ0) is 16.7. The molecule has 0 spiro atoms. The fourth-order valence-electron chi connectivity index (χ4n) is 2.24. The minimum absolute atomic E-state index is 0.0893. The van der Waals surface area contributed by atoms with Crippen molar-refractivity contribution >= 4 is 22.8 Å². The molecule has 0 aromatic carbocycles. The molecule has 3 aromatic heterocycles. The summed E-state index contributed by atoms with van der Waals surface area (Å²) < 4.78 is 3.78. The van der Waals surface area contributed by atoms with Crippen LogP contribution in [-0.4, -0.2) is 29.8 Å². The van der Waals surface area contributed by atoms with Gasteiger partial charge >= 0.3 is 5.69 Å². The maximum absolute atomic E-state index is 12.2. The van der Waals surface area contributed by atoms with Gasteiger partial charge in [-0.15, -0.1) is 0 Å². The number of hydrogen-bond donors (Lipinski definition) is 1. The minimum atomic E-state index is -0.503. The van der Waals surface area contributed by atoms with Gasteiger partial charge in [-0.25, -0.2) is 9.78 Å². The molecule has 1 amide bonds. The number of amides is 1. The van der Waals surface area contributed by atoms with Gasteiger partial charge in [-0.1, -0.05) is 0 Å². The van der Waals surface area contributed by atoms with E-state index in [1.165, 1.54) is 30.8 Å². The van der Waals surface area contributed by atoms with Crippen LogP contribution in [0.5, 0.6) is 0 Å². The van der Waals surface area contributed by atoms with Crippen LogP contribution in [0.1, 0.15) is 10.5 Å². The third-order valence-corrected chi connectivity index (χ3v) is 3.49. The fraction of sp³-hybridized carbons (Fsp3) is 0.214. The molecule has 1 N–H and O–H groups in total. The molecule has 3 aromatic rings. The summed E-state index contributed by atoms with van der Waals surface area (Å²) in [5.41, 5.74) is -0.706. The molecule has 0 aliphatic heterocycles. The normalized spacial score (nSPS) is 10.9. The highest BCUT2D eigenvalue weighted by Crippen LogP contribution is 2.09. The van der Waals surface area contributed by atoms with Gasteiger partial charge in [0.25, 0.3) is 11.5 Å². The largest absolute Gasteiger partial charge is 0.332 e. The maximum atomic E-state index is 12.2. The summed E-state index contributed by atoms with van der Waals surface area (Å²) in [6, 6.07) is 4.56. The summed E-state index contributed by atoms with van der Waals surface area (Å²) in [4.78, 5) is 40.4. The molecule has 0 aliphatic rings. The summed E-state index contributed by atoms with van der Waals surface area (Å²) in [5, 5.41) is 6.91. The lowest BCUT2D eigenvalue weighted by atomic mass is 10.2. The fourth-order valence-corrected chi connectivity index (χ4v) is 2.24. The molecule has 0 fully saturated rings. The molecular weight excluding hydrogens is 300 g/mol. The van der Waals surface area contributed by atoms with Crippen molar-refractivity contribution in [2.24, 2.45) is 21.1 Å². The van der Waals surface area contributed by atoms with Crippen molar-refractivity contribution in [3.05, 3.63) is 50.9 Å². The molecule has 0 unspecified atom stereocenters. The highest BCUT2D eigenvalue weighted by Gasteiger charge is 2.14.